The minimum atomic E-state index is 0.333. The number of benzene rings is 2. The Hall–Kier alpha value is -2.06. The number of thioether (sulfide) groups is 1. The van der Waals surface area contributed by atoms with Crippen molar-refractivity contribution in [2.45, 2.75) is 24.4 Å². The molecule has 0 atom stereocenters. The van der Waals surface area contributed by atoms with Crippen LogP contribution < -0.4 is 4.74 Å². The number of rotatable bonds is 7. The van der Waals surface area contributed by atoms with Gasteiger partial charge in [0, 0.05) is 28.8 Å². The Morgan fingerprint density at radius 1 is 1.13 bits per heavy atom. The first-order chi connectivity index (χ1) is 14.5. The van der Waals surface area contributed by atoms with Crippen molar-refractivity contribution in [2.75, 3.05) is 0 Å². The van der Waals surface area contributed by atoms with E-state index in [0.29, 0.717) is 22.4 Å². The molecule has 4 rings (SSSR count). The molecular weight excluding hydrogens is 459 g/mol. The summed E-state index contributed by atoms with van der Waals surface area (Å²) in [6.45, 7) is 2.30. The fourth-order valence-electron chi connectivity index (χ4n) is 2.78. The van der Waals surface area contributed by atoms with Crippen molar-refractivity contribution in [1.29, 1.82) is 0 Å². The van der Waals surface area contributed by atoms with E-state index < -0.39 is 0 Å². The third-order valence-corrected chi connectivity index (χ3v) is 6.97. The van der Waals surface area contributed by atoms with Crippen LogP contribution in [-0.2, 0) is 19.4 Å². The molecule has 0 saturated heterocycles. The monoisotopic (exact) mass is 476 g/mol. The Kier molecular flexibility index (Phi) is 6.63. The van der Waals surface area contributed by atoms with Crippen LogP contribution >= 0.6 is 46.3 Å². The molecule has 9 heteroatoms. The third kappa shape index (κ3) is 4.81. The minimum Gasteiger partial charge on any atom is -0.485 e. The minimum absolute atomic E-state index is 0.333. The van der Waals surface area contributed by atoms with Crippen LogP contribution in [0.25, 0.3) is 10.6 Å². The van der Waals surface area contributed by atoms with E-state index in [-0.39, 0.29) is 0 Å². The van der Waals surface area contributed by atoms with Gasteiger partial charge in [-0.3, -0.25) is 0 Å². The zero-order valence-electron chi connectivity index (χ0n) is 16.3. The molecule has 154 valence electrons. The molecule has 0 spiro atoms. The summed E-state index contributed by atoms with van der Waals surface area (Å²) in [4.78, 5) is 4.71. The van der Waals surface area contributed by atoms with Gasteiger partial charge in [-0.1, -0.05) is 53.2 Å². The molecule has 0 bridgehead atoms. The number of ether oxygens (including phenoxy) is 1. The molecule has 0 radical (unpaired) electrons. The molecular formula is C21H18Cl2N4OS2. The molecule has 2 aromatic heterocycles. The summed E-state index contributed by atoms with van der Waals surface area (Å²) in [5, 5.41) is 13.7. The van der Waals surface area contributed by atoms with E-state index in [1.54, 1.807) is 23.1 Å². The maximum atomic E-state index is 6.28. The van der Waals surface area contributed by atoms with Crippen LogP contribution in [0.3, 0.4) is 0 Å². The fraction of sp³-hybridized carbons (Fsp3) is 0.190. The second-order valence-electron chi connectivity index (χ2n) is 6.57. The molecule has 0 fully saturated rings. The highest BCUT2D eigenvalue weighted by molar-refractivity contribution is 7.98. The molecule has 0 aliphatic rings. The summed E-state index contributed by atoms with van der Waals surface area (Å²) in [5.41, 5.74) is 2.92. The predicted molar refractivity (Wildman–Crippen MR) is 124 cm³/mol. The average molecular weight is 477 g/mol. The lowest BCUT2D eigenvalue weighted by atomic mass is 10.2. The first kappa shape index (κ1) is 21.2. The van der Waals surface area contributed by atoms with E-state index in [4.69, 9.17) is 32.9 Å². The van der Waals surface area contributed by atoms with E-state index in [9.17, 15) is 0 Å². The van der Waals surface area contributed by atoms with E-state index >= 15 is 0 Å². The Bertz CT molecular complexity index is 1180. The standard InChI is InChI=1S/C21H18Cl2N4OS2/c1-13-9-14(22)7-8-18(13)28-10-19-25-26-21(27(19)2)30-12-15-11-29-20(24-15)16-5-3-4-6-17(16)23/h3-9,11H,10,12H2,1-2H3. The van der Waals surface area contributed by atoms with Gasteiger partial charge in [-0.15, -0.1) is 21.5 Å². The summed E-state index contributed by atoms with van der Waals surface area (Å²) in [7, 11) is 1.94. The second kappa shape index (κ2) is 9.39. The van der Waals surface area contributed by atoms with Crippen LogP contribution in [0.5, 0.6) is 5.75 Å². The van der Waals surface area contributed by atoms with E-state index in [1.165, 1.54) is 0 Å². The number of hydrogen-bond donors (Lipinski definition) is 0. The molecule has 4 aromatic rings. The number of thiazole rings is 1. The molecule has 30 heavy (non-hydrogen) atoms. The van der Waals surface area contributed by atoms with Crippen molar-refractivity contribution in [1.82, 2.24) is 19.7 Å². The van der Waals surface area contributed by atoms with Crippen molar-refractivity contribution < 1.29 is 4.74 Å². The second-order valence-corrected chi connectivity index (χ2v) is 9.21. The van der Waals surface area contributed by atoms with Gasteiger partial charge in [0.15, 0.2) is 11.0 Å². The molecule has 0 N–H and O–H groups in total. The smallest absolute Gasteiger partial charge is 0.191 e. The van der Waals surface area contributed by atoms with Crippen molar-refractivity contribution in [2.24, 2.45) is 7.05 Å². The quantitative estimate of drug-likeness (QED) is 0.287. The van der Waals surface area contributed by atoms with Crippen LogP contribution in [0.4, 0.5) is 0 Å². The number of aryl methyl sites for hydroxylation is 1. The summed E-state index contributed by atoms with van der Waals surface area (Å²) < 4.78 is 7.83. The van der Waals surface area contributed by atoms with Crippen LogP contribution in [0, 0.1) is 6.92 Å². The number of halogens is 2. The number of aromatic nitrogens is 4. The number of nitrogens with zero attached hydrogens (tertiary/aromatic N) is 4. The maximum Gasteiger partial charge on any atom is 0.191 e. The highest BCUT2D eigenvalue weighted by Crippen LogP contribution is 2.32. The third-order valence-electron chi connectivity index (χ3n) is 4.42. The lowest BCUT2D eigenvalue weighted by molar-refractivity contribution is 0.288. The van der Waals surface area contributed by atoms with Crippen LogP contribution in [0.15, 0.2) is 53.0 Å². The lowest BCUT2D eigenvalue weighted by Crippen LogP contribution is -2.05. The highest BCUT2D eigenvalue weighted by atomic mass is 35.5. The van der Waals surface area contributed by atoms with Gasteiger partial charge in [-0.2, -0.15) is 0 Å². The molecule has 0 saturated carbocycles. The Morgan fingerprint density at radius 2 is 1.97 bits per heavy atom. The zero-order chi connectivity index (χ0) is 21.1. The maximum absolute atomic E-state index is 6.28. The molecule has 0 aliphatic heterocycles. The lowest BCUT2D eigenvalue weighted by Gasteiger charge is -2.09. The first-order valence-corrected chi connectivity index (χ1v) is 11.7. The predicted octanol–water partition coefficient (Wildman–Crippen LogP) is 6.43. The van der Waals surface area contributed by atoms with Gasteiger partial charge in [-0.05, 0) is 36.8 Å². The normalized spacial score (nSPS) is 11.1. The number of hydrogen-bond acceptors (Lipinski definition) is 6. The van der Waals surface area contributed by atoms with Gasteiger partial charge < -0.3 is 9.30 Å². The van der Waals surface area contributed by atoms with E-state index in [1.807, 2.05) is 61.0 Å². The molecule has 0 aliphatic carbocycles. The van der Waals surface area contributed by atoms with Crippen molar-refractivity contribution in [3.05, 3.63) is 75.0 Å². The molecule has 0 unspecified atom stereocenters. The molecule has 5 nitrogen and oxygen atoms in total. The van der Waals surface area contributed by atoms with Gasteiger partial charge in [0.1, 0.15) is 17.4 Å². The van der Waals surface area contributed by atoms with Crippen LogP contribution in [0.2, 0.25) is 10.0 Å². The zero-order valence-corrected chi connectivity index (χ0v) is 19.4. The van der Waals surface area contributed by atoms with Crippen molar-refractivity contribution in [3.63, 3.8) is 0 Å². The van der Waals surface area contributed by atoms with Crippen LogP contribution in [0.1, 0.15) is 17.1 Å². The van der Waals surface area contributed by atoms with Gasteiger partial charge >= 0.3 is 0 Å². The Labute approximate surface area is 193 Å². The van der Waals surface area contributed by atoms with Gasteiger partial charge in [-0.25, -0.2) is 4.98 Å². The summed E-state index contributed by atoms with van der Waals surface area (Å²) in [5.74, 6) is 2.23. The molecule has 0 amide bonds. The highest BCUT2D eigenvalue weighted by Gasteiger charge is 2.13. The Balaban J connectivity index is 1.38. The first-order valence-electron chi connectivity index (χ1n) is 9.10. The topological polar surface area (TPSA) is 52.8 Å². The molecule has 2 heterocycles. The average Bonchev–Trinajstić information content (AvgIpc) is 3.33. The van der Waals surface area contributed by atoms with Crippen LogP contribution in [-0.4, -0.2) is 19.7 Å². The summed E-state index contributed by atoms with van der Waals surface area (Å²) in [6, 6.07) is 13.3. The van der Waals surface area contributed by atoms with Gasteiger partial charge in [0.05, 0.1) is 10.7 Å². The van der Waals surface area contributed by atoms with Gasteiger partial charge in [0.25, 0.3) is 0 Å². The van der Waals surface area contributed by atoms with Crippen molar-refractivity contribution >= 4 is 46.3 Å². The van der Waals surface area contributed by atoms with Gasteiger partial charge in [0.2, 0.25) is 0 Å². The van der Waals surface area contributed by atoms with Crippen molar-refractivity contribution in [3.8, 4) is 16.3 Å². The fourth-order valence-corrected chi connectivity index (χ4v) is 5.08. The Morgan fingerprint density at radius 3 is 2.77 bits per heavy atom. The van der Waals surface area contributed by atoms with E-state index in [0.717, 1.165) is 38.6 Å². The van der Waals surface area contributed by atoms with E-state index in [2.05, 4.69) is 15.6 Å². The largest absolute Gasteiger partial charge is 0.485 e. The SMILES string of the molecule is Cc1cc(Cl)ccc1OCc1nnc(SCc2csc(-c3ccccc3Cl)n2)n1C. The summed E-state index contributed by atoms with van der Waals surface area (Å²) in [6.07, 6.45) is 0. The molecule has 2 aromatic carbocycles. The summed E-state index contributed by atoms with van der Waals surface area (Å²) >= 11 is 15.4.